The van der Waals surface area contributed by atoms with Crippen molar-refractivity contribution in [3.63, 3.8) is 0 Å². The Bertz CT molecular complexity index is 830. The van der Waals surface area contributed by atoms with Crippen LogP contribution in [0.15, 0.2) is 48.6 Å². The summed E-state index contributed by atoms with van der Waals surface area (Å²) in [5, 5.41) is 20.1. The van der Waals surface area contributed by atoms with Gasteiger partial charge in [0.25, 0.3) is 0 Å². The predicted molar refractivity (Wildman–Crippen MR) is 202 cm³/mol. The topological polar surface area (TPSA) is 93.1 Å². The SMILES string of the molecule is CCCCC/C=C\C/C=C\C/C=C\C=C\[C@@H](O)CCCC(=O)OC[C@H](O)COC(=O)CCCCCCCCCCCCCCCCCC. The molecular weight excluding hydrogens is 600 g/mol. The smallest absolute Gasteiger partial charge is 0.305 e. The molecule has 0 saturated carbocycles. The Kier molecular flexibility index (Phi) is 35.9. The summed E-state index contributed by atoms with van der Waals surface area (Å²) in [6.45, 7) is 4.11. The molecule has 0 rings (SSSR count). The molecule has 48 heavy (non-hydrogen) atoms. The first-order chi connectivity index (χ1) is 23.5. The van der Waals surface area contributed by atoms with E-state index < -0.39 is 18.2 Å². The van der Waals surface area contributed by atoms with Gasteiger partial charge in [-0.05, 0) is 44.9 Å². The van der Waals surface area contributed by atoms with E-state index in [0.717, 1.165) is 38.5 Å². The molecule has 0 unspecified atom stereocenters. The Morgan fingerprint density at radius 2 is 0.958 bits per heavy atom. The van der Waals surface area contributed by atoms with Crippen LogP contribution in [0.4, 0.5) is 0 Å². The first-order valence-electron chi connectivity index (χ1n) is 19.8. The number of carbonyl (C=O) groups is 2. The van der Waals surface area contributed by atoms with Crippen molar-refractivity contribution in [1.29, 1.82) is 0 Å². The third-order valence-electron chi connectivity index (χ3n) is 8.42. The molecule has 2 N–H and O–H groups in total. The van der Waals surface area contributed by atoms with Crippen LogP contribution in [-0.2, 0) is 19.1 Å². The summed E-state index contributed by atoms with van der Waals surface area (Å²) in [5.74, 6) is -0.757. The molecule has 0 aliphatic rings. The van der Waals surface area contributed by atoms with E-state index in [1.54, 1.807) is 6.08 Å². The fourth-order valence-corrected chi connectivity index (χ4v) is 5.37. The molecule has 6 heteroatoms. The van der Waals surface area contributed by atoms with Crippen LogP contribution in [0.3, 0.4) is 0 Å². The zero-order valence-electron chi connectivity index (χ0n) is 31.1. The van der Waals surface area contributed by atoms with E-state index in [9.17, 15) is 19.8 Å². The quantitative estimate of drug-likeness (QED) is 0.0301. The van der Waals surface area contributed by atoms with E-state index >= 15 is 0 Å². The molecule has 0 heterocycles. The lowest BCUT2D eigenvalue weighted by molar-refractivity contribution is -0.152. The molecule has 2 atom stereocenters. The maximum Gasteiger partial charge on any atom is 0.305 e. The molecule has 0 amide bonds. The van der Waals surface area contributed by atoms with Gasteiger partial charge in [-0.3, -0.25) is 9.59 Å². The number of hydrogen-bond acceptors (Lipinski definition) is 6. The standard InChI is InChI=1S/C42H74O6/c1-3-5-7-9-11-13-15-17-18-19-21-23-25-27-29-31-35-41(45)47-37-40(44)38-48-42(46)36-32-34-39(43)33-30-28-26-24-22-20-16-14-12-10-8-6-4-2/h12,14,20,22,26,28,30,33,39-40,43-44H,3-11,13,15-19,21,23-25,27,29,31-32,34-38H2,1-2H3/b14-12-,22-20-,28-26-,33-30+/t39-,40-/m1/s1. The molecule has 6 nitrogen and oxygen atoms in total. The van der Waals surface area contributed by atoms with Crippen LogP contribution in [0.2, 0.25) is 0 Å². The van der Waals surface area contributed by atoms with Crippen molar-refractivity contribution < 1.29 is 29.3 Å². The Morgan fingerprint density at radius 1 is 0.521 bits per heavy atom. The zero-order valence-corrected chi connectivity index (χ0v) is 31.1. The van der Waals surface area contributed by atoms with Crippen molar-refractivity contribution in [2.75, 3.05) is 13.2 Å². The summed E-state index contributed by atoms with van der Waals surface area (Å²) in [5.41, 5.74) is 0. The van der Waals surface area contributed by atoms with Gasteiger partial charge in [0.2, 0.25) is 0 Å². The molecule has 0 aromatic carbocycles. The summed E-state index contributed by atoms with van der Waals surface area (Å²) in [7, 11) is 0. The second-order valence-electron chi connectivity index (χ2n) is 13.3. The van der Waals surface area contributed by atoms with Crippen LogP contribution in [0.5, 0.6) is 0 Å². The maximum absolute atomic E-state index is 12.0. The van der Waals surface area contributed by atoms with Gasteiger partial charge in [-0.25, -0.2) is 0 Å². The average Bonchev–Trinajstić information content (AvgIpc) is 3.08. The van der Waals surface area contributed by atoms with Gasteiger partial charge in [0.15, 0.2) is 0 Å². The van der Waals surface area contributed by atoms with Gasteiger partial charge in [-0.15, -0.1) is 0 Å². The molecule has 0 saturated heterocycles. The highest BCUT2D eigenvalue weighted by Crippen LogP contribution is 2.14. The first-order valence-corrected chi connectivity index (χ1v) is 19.8. The Balaban J connectivity index is 3.62. The normalized spacial score (nSPS) is 13.3. The minimum absolute atomic E-state index is 0.157. The molecule has 0 aliphatic carbocycles. The number of carbonyl (C=O) groups excluding carboxylic acids is 2. The van der Waals surface area contributed by atoms with Crippen LogP contribution < -0.4 is 0 Å². The summed E-state index contributed by atoms with van der Waals surface area (Å²) in [6.07, 6.45) is 43.4. The molecule has 0 aromatic rings. The van der Waals surface area contributed by atoms with Gasteiger partial charge in [-0.2, -0.15) is 0 Å². The minimum atomic E-state index is -1.04. The van der Waals surface area contributed by atoms with Crippen LogP contribution in [0, 0.1) is 0 Å². The van der Waals surface area contributed by atoms with E-state index in [0.29, 0.717) is 19.3 Å². The lowest BCUT2D eigenvalue weighted by Crippen LogP contribution is -2.25. The van der Waals surface area contributed by atoms with E-state index in [-0.39, 0.29) is 25.6 Å². The van der Waals surface area contributed by atoms with E-state index in [1.807, 2.05) is 18.2 Å². The average molecular weight is 675 g/mol. The van der Waals surface area contributed by atoms with Crippen molar-refractivity contribution in [2.24, 2.45) is 0 Å². The number of esters is 2. The highest BCUT2D eigenvalue weighted by Gasteiger charge is 2.12. The first kappa shape index (κ1) is 45.8. The second kappa shape index (κ2) is 37.6. The molecular formula is C42H74O6. The maximum atomic E-state index is 12.0. The zero-order chi connectivity index (χ0) is 35.2. The number of hydrogen-bond donors (Lipinski definition) is 2. The van der Waals surface area contributed by atoms with Gasteiger partial charge in [0, 0.05) is 12.8 Å². The molecule has 278 valence electrons. The van der Waals surface area contributed by atoms with E-state index in [4.69, 9.17) is 9.47 Å². The van der Waals surface area contributed by atoms with Crippen molar-refractivity contribution >= 4 is 11.9 Å². The van der Waals surface area contributed by atoms with Gasteiger partial charge >= 0.3 is 11.9 Å². The number of aliphatic hydroxyl groups excluding tert-OH is 2. The predicted octanol–water partition coefficient (Wildman–Crippen LogP) is 11.2. The summed E-state index contributed by atoms with van der Waals surface area (Å²) >= 11 is 0. The highest BCUT2D eigenvalue weighted by atomic mass is 16.6. The molecule has 0 fully saturated rings. The molecule has 0 spiro atoms. The van der Waals surface area contributed by atoms with Crippen molar-refractivity contribution in [3.8, 4) is 0 Å². The number of rotatable bonds is 35. The largest absolute Gasteiger partial charge is 0.463 e. The number of allylic oxidation sites excluding steroid dienone is 7. The van der Waals surface area contributed by atoms with Crippen LogP contribution in [0.25, 0.3) is 0 Å². The summed E-state index contributed by atoms with van der Waals surface area (Å²) in [6, 6.07) is 0. The number of ether oxygens (including phenoxy) is 2. The molecule has 0 radical (unpaired) electrons. The van der Waals surface area contributed by atoms with Crippen LogP contribution in [-0.4, -0.2) is 47.6 Å². The van der Waals surface area contributed by atoms with Crippen molar-refractivity contribution in [3.05, 3.63) is 48.6 Å². The third kappa shape index (κ3) is 36.7. The lowest BCUT2D eigenvalue weighted by atomic mass is 10.0. The summed E-state index contributed by atoms with van der Waals surface area (Å²) in [4.78, 5) is 23.9. The van der Waals surface area contributed by atoms with Crippen molar-refractivity contribution in [1.82, 2.24) is 0 Å². The fraction of sp³-hybridized carbons (Fsp3) is 0.762. The third-order valence-corrected chi connectivity index (χ3v) is 8.42. The van der Waals surface area contributed by atoms with Crippen LogP contribution in [0.1, 0.15) is 181 Å². The van der Waals surface area contributed by atoms with Gasteiger partial charge in [-0.1, -0.05) is 172 Å². The lowest BCUT2D eigenvalue weighted by Gasteiger charge is -2.12. The molecule has 0 aromatic heterocycles. The number of unbranched alkanes of at least 4 members (excludes halogenated alkanes) is 18. The van der Waals surface area contributed by atoms with E-state index in [1.165, 1.54) is 103 Å². The van der Waals surface area contributed by atoms with Gasteiger partial charge in [0.1, 0.15) is 19.3 Å². The summed E-state index contributed by atoms with van der Waals surface area (Å²) < 4.78 is 10.2. The molecule has 0 aliphatic heterocycles. The second-order valence-corrected chi connectivity index (χ2v) is 13.3. The highest BCUT2D eigenvalue weighted by molar-refractivity contribution is 5.69. The van der Waals surface area contributed by atoms with Gasteiger partial charge in [0.05, 0.1) is 6.10 Å². The fourth-order valence-electron chi connectivity index (χ4n) is 5.37. The molecule has 0 bridgehead atoms. The van der Waals surface area contributed by atoms with E-state index in [2.05, 4.69) is 38.2 Å². The Hall–Kier alpha value is -2.18. The van der Waals surface area contributed by atoms with Gasteiger partial charge < -0.3 is 19.7 Å². The minimum Gasteiger partial charge on any atom is -0.463 e. The van der Waals surface area contributed by atoms with Crippen molar-refractivity contribution in [2.45, 2.75) is 193 Å². The Labute approximate surface area is 295 Å². The monoisotopic (exact) mass is 675 g/mol. The van der Waals surface area contributed by atoms with Crippen LogP contribution >= 0.6 is 0 Å². The Morgan fingerprint density at radius 3 is 1.50 bits per heavy atom. The number of aliphatic hydroxyl groups is 2.